The first-order valence-corrected chi connectivity index (χ1v) is 12.0. The van der Waals surface area contributed by atoms with Crippen LogP contribution in [0.5, 0.6) is 5.75 Å². The smallest absolute Gasteiger partial charge is 0.347 e. The zero-order valence-corrected chi connectivity index (χ0v) is 21.3. The number of nitrogens with zero attached hydrogens (tertiary/aromatic N) is 3. The lowest BCUT2D eigenvalue weighted by Gasteiger charge is -2.17. The van der Waals surface area contributed by atoms with Crippen molar-refractivity contribution in [3.05, 3.63) is 92.1 Å². The number of ether oxygens (including phenoxy) is 2. The molecule has 0 N–H and O–H groups in total. The number of rotatable bonds is 7. The Morgan fingerprint density at radius 3 is 2.63 bits per heavy atom. The Morgan fingerprint density at radius 1 is 1.17 bits per heavy atom. The molecule has 1 heterocycles. The standard InChI is InChI=1S/C26H21BrClN3O4/c1-3-34-26(33)16(2)35-23-18(13-19(28)14-21(23)27)15-29-31-24(17-9-5-4-6-10-17)30-22-12-8-7-11-20(22)25(31)32/h4-16H,3H2,1-2H3/t16-/m1/s1. The number of para-hydroxylation sites is 1. The fraction of sp³-hybridized carbons (Fsp3) is 0.154. The molecule has 4 rings (SSSR count). The van der Waals surface area contributed by atoms with Gasteiger partial charge in [-0.15, -0.1) is 0 Å². The van der Waals surface area contributed by atoms with E-state index in [2.05, 4.69) is 26.0 Å². The van der Waals surface area contributed by atoms with Crippen LogP contribution in [0.1, 0.15) is 19.4 Å². The van der Waals surface area contributed by atoms with Crippen LogP contribution in [0.2, 0.25) is 5.02 Å². The molecule has 4 aromatic rings. The monoisotopic (exact) mass is 553 g/mol. The van der Waals surface area contributed by atoms with Crippen molar-refractivity contribution in [3.63, 3.8) is 0 Å². The Kier molecular flexibility index (Phi) is 7.63. The number of halogens is 2. The third-order valence-corrected chi connectivity index (χ3v) is 5.86. The molecule has 0 saturated heterocycles. The zero-order chi connectivity index (χ0) is 24.9. The van der Waals surface area contributed by atoms with Crippen LogP contribution in [0, 0.1) is 0 Å². The van der Waals surface area contributed by atoms with Crippen molar-refractivity contribution in [1.82, 2.24) is 9.66 Å². The van der Waals surface area contributed by atoms with E-state index in [-0.39, 0.29) is 12.2 Å². The zero-order valence-electron chi connectivity index (χ0n) is 18.9. The highest BCUT2D eigenvalue weighted by Crippen LogP contribution is 2.33. The third-order valence-electron chi connectivity index (χ3n) is 5.05. The minimum atomic E-state index is -0.871. The molecule has 0 aliphatic carbocycles. The van der Waals surface area contributed by atoms with Gasteiger partial charge in [0.2, 0.25) is 0 Å². The highest BCUT2D eigenvalue weighted by Gasteiger charge is 2.20. The lowest BCUT2D eigenvalue weighted by atomic mass is 10.2. The van der Waals surface area contributed by atoms with Crippen molar-refractivity contribution in [2.24, 2.45) is 5.10 Å². The Morgan fingerprint density at radius 2 is 1.89 bits per heavy atom. The summed E-state index contributed by atoms with van der Waals surface area (Å²) in [6.07, 6.45) is 0.582. The van der Waals surface area contributed by atoms with Gasteiger partial charge in [-0.05, 0) is 54.0 Å². The Bertz CT molecular complexity index is 1470. The van der Waals surface area contributed by atoms with Crippen LogP contribution in [-0.2, 0) is 9.53 Å². The van der Waals surface area contributed by atoms with Crippen molar-refractivity contribution >= 4 is 50.6 Å². The molecule has 1 atom stereocenters. The van der Waals surface area contributed by atoms with Crippen LogP contribution in [0.25, 0.3) is 22.3 Å². The summed E-state index contributed by atoms with van der Waals surface area (Å²) >= 11 is 9.70. The molecule has 0 aliphatic rings. The van der Waals surface area contributed by atoms with Gasteiger partial charge in [-0.3, -0.25) is 4.79 Å². The molecule has 35 heavy (non-hydrogen) atoms. The molecular weight excluding hydrogens is 534 g/mol. The van der Waals surface area contributed by atoms with Gasteiger partial charge in [0.05, 0.1) is 28.2 Å². The van der Waals surface area contributed by atoms with Gasteiger partial charge in [0.25, 0.3) is 5.56 Å². The molecule has 0 bridgehead atoms. The summed E-state index contributed by atoms with van der Waals surface area (Å²) < 4.78 is 12.7. The summed E-state index contributed by atoms with van der Waals surface area (Å²) in [4.78, 5) is 30.2. The molecule has 3 aromatic carbocycles. The van der Waals surface area contributed by atoms with Crippen LogP contribution >= 0.6 is 27.5 Å². The molecule has 0 aliphatic heterocycles. The van der Waals surface area contributed by atoms with E-state index < -0.39 is 12.1 Å². The number of carbonyl (C=O) groups excluding carboxylic acids is 1. The number of benzene rings is 3. The minimum absolute atomic E-state index is 0.239. The van der Waals surface area contributed by atoms with Gasteiger partial charge in [0.15, 0.2) is 11.9 Å². The predicted molar refractivity (Wildman–Crippen MR) is 140 cm³/mol. The lowest BCUT2D eigenvalue weighted by Crippen LogP contribution is -2.26. The van der Waals surface area contributed by atoms with E-state index in [1.807, 2.05) is 36.4 Å². The van der Waals surface area contributed by atoms with E-state index >= 15 is 0 Å². The minimum Gasteiger partial charge on any atom is -0.477 e. The van der Waals surface area contributed by atoms with Crippen LogP contribution in [-0.4, -0.2) is 34.6 Å². The van der Waals surface area contributed by atoms with E-state index in [1.54, 1.807) is 44.2 Å². The normalized spacial score (nSPS) is 12.1. The van der Waals surface area contributed by atoms with Gasteiger partial charge in [-0.1, -0.05) is 54.1 Å². The molecule has 7 nitrogen and oxygen atoms in total. The van der Waals surface area contributed by atoms with Gasteiger partial charge >= 0.3 is 5.97 Å². The average Bonchev–Trinajstić information content (AvgIpc) is 2.85. The second-order valence-corrected chi connectivity index (χ2v) is 8.79. The molecular formula is C26H21BrClN3O4. The molecule has 1 aromatic heterocycles. The fourth-order valence-corrected chi connectivity index (χ4v) is 4.34. The number of carbonyl (C=O) groups is 1. The molecule has 0 fully saturated rings. The Balaban J connectivity index is 1.84. The Labute approximate surface area is 215 Å². The van der Waals surface area contributed by atoms with Gasteiger partial charge in [0, 0.05) is 16.1 Å². The number of esters is 1. The SMILES string of the molecule is CCOC(=O)[C@@H](C)Oc1c(Br)cc(Cl)cc1C=Nn1c(-c2ccccc2)nc2ccccc2c1=O. The highest BCUT2D eigenvalue weighted by molar-refractivity contribution is 9.10. The lowest BCUT2D eigenvalue weighted by molar-refractivity contribution is -0.150. The summed E-state index contributed by atoms with van der Waals surface area (Å²) in [5.74, 6) is 0.217. The second kappa shape index (κ2) is 10.8. The maximum Gasteiger partial charge on any atom is 0.347 e. The van der Waals surface area contributed by atoms with E-state index in [1.165, 1.54) is 10.9 Å². The molecule has 0 spiro atoms. The fourth-order valence-electron chi connectivity index (χ4n) is 3.41. The largest absolute Gasteiger partial charge is 0.477 e. The van der Waals surface area contributed by atoms with Gasteiger partial charge < -0.3 is 9.47 Å². The van der Waals surface area contributed by atoms with Crippen LogP contribution in [0.3, 0.4) is 0 Å². The number of aromatic nitrogens is 2. The third kappa shape index (κ3) is 5.44. The molecule has 178 valence electrons. The van der Waals surface area contributed by atoms with E-state index in [0.29, 0.717) is 37.5 Å². The van der Waals surface area contributed by atoms with E-state index in [9.17, 15) is 9.59 Å². The second-order valence-electron chi connectivity index (χ2n) is 7.50. The maximum absolute atomic E-state index is 13.4. The predicted octanol–water partition coefficient (Wildman–Crippen LogP) is 5.69. The maximum atomic E-state index is 13.4. The number of fused-ring (bicyclic) bond motifs is 1. The van der Waals surface area contributed by atoms with Crippen LogP contribution < -0.4 is 10.3 Å². The number of hydrogen-bond donors (Lipinski definition) is 0. The van der Waals surface area contributed by atoms with Gasteiger partial charge in [-0.2, -0.15) is 9.78 Å². The summed E-state index contributed by atoms with van der Waals surface area (Å²) in [5, 5.41) is 5.33. The van der Waals surface area contributed by atoms with Crippen LogP contribution in [0.15, 0.2) is 81.1 Å². The molecule has 0 radical (unpaired) electrons. The first-order chi connectivity index (χ1) is 16.9. The van der Waals surface area contributed by atoms with Crippen molar-refractivity contribution in [2.45, 2.75) is 20.0 Å². The topological polar surface area (TPSA) is 82.8 Å². The summed E-state index contributed by atoms with van der Waals surface area (Å²) in [7, 11) is 0. The van der Waals surface area contributed by atoms with E-state index in [0.717, 1.165) is 5.56 Å². The summed E-state index contributed by atoms with van der Waals surface area (Å²) in [6, 6.07) is 19.7. The molecule has 0 amide bonds. The molecule has 9 heteroatoms. The van der Waals surface area contributed by atoms with Gasteiger partial charge in [0.1, 0.15) is 5.75 Å². The molecule has 0 saturated carbocycles. The van der Waals surface area contributed by atoms with Crippen molar-refractivity contribution in [3.8, 4) is 17.1 Å². The van der Waals surface area contributed by atoms with Crippen molar-refractivity contribution in [1.29, 1.82) is 0 Å². The average molecular weight is 555 g/mol. The highest BCUT2D eigenvalue weighted by atomic mass is 79.9. The van der Waals surface area contributed by atoms with Crippen molar-refractivity contribution < 1.29 is 14.3 Å². The number of hydrogen-bond acceptors (Lipinski definition) is 6. The summed E-state index contributed by atoms with van der Waals surface area (Å²) in [5.41, 5.74) is 1.43. The Hall–Kier alpha value is -3.49. The quantitative estimate of drug-likeness (QED) is 0.216. The van der Waals surface area contributed by atoms with E-state index in [4.69, 9.17) is 21.1 Å². The van der Waals surface area contributed by atoms with Crippen LogP contribution in [0.4, 0.5) is 0 Å². The first-order valence-electron chi connectivity index (χ1n) is 10.8. The molecule has 0 unspecified atom stereocenters. The van der Waals surface area contributed by atoms with Crippen molar-refractivity contribution in [2.75, 3.05) is 6.61 Å². The summed E-state index contributed by atoms with van der Waals surface area (Å²) in [6.45, 7) is 3.55. The van der Waals surface area contributed by atoms with Gasteiger partial charge in [-0.25, -0.2) is 9.78 Å². The first kappa shape index (κ1) is 24.6.